The molecule has 0 atom stereocenters. The Hall–Kier alpha value is -6.57. The molecule has 6 aromatic carbocycles. The van der Waals surface area contributed by atoms with Crippen LogP contribution in [-0.4, -0.2) is 34.4 Å². The van der Waals surface area contributed by atoms with Crippen LogP contribution in [0.2, 0.25) is 0 Å². The number of fused-ring (bicyclic) bond motifs is 3. The van der Waals surface area contributed by atoms with E-state index in [0.29, 0.717) is 33.9 Å². The summed E-state index contributed by atoms with van der Waals surface area (Å²) in [5, 5.41) is 5.43. The van der Waals surface area contributed by atoms with Gasteiger partial charge in [-0.2, -0.15) is 0 Å². The van der Waals surface area contributed by atoms with Crippen LogP contribution in [0.5, 0.6) is 0 Å². The van der Waals surface area contributed by atoms with Crippen LogP contribution >= 0.6 is 0 Å². The molecule has 7 rings (SSSR count). The van der Waals surface area contributed by atoms with Gasteiger partial charge in [-0.3, -0.25) is 23.8 Å². The lowest BCUT2D eigenvalue weighted by molar-refractivity contribution is -0.115. The lowest BCUT2D eigenvalue weighted by atomic mass is 10.1. The first kappa shape index (κ1) is 35.8. The maximum absolute atomic E-state index is 13.6. The molecule has 1 aliphatic rings. The molecule has 4 N–H and O–H groups in total. The number of rotatable bonds is 10. The Morgan fingerprint density at radius 2 is 0.704 bits per heavy atom. The SMILES string of the molecule is CC(=O)Nc1ccc(-c2ccc(NS(=O)(=O)c3ccc4c(c3)C(=O)c3cc(S(=O)(=O)Nc5ccc(-c6ccc(NC(C)=O)cc6)cc5)ccc3-4)cc2)cc1. The zero-order valence-corrected chi connectivity index (χ0v) is 30.5. The van der Waals surface area contributed by atoms with Gasteiger partial charge in [0.15, 0.2) is 5.78 Å². The minimum Gasteiger partial charge on any atom is -0.326 e. The molecule has 2 amide bonds. The smallest absolute Gasteiger partial charge is 0.261 e. The van der Waals surface area contributed by atoms with Crippen LogP contribution in [0.4, 0.5) is 22.7 Å². The second-order valence-corrected chi connectivity index (χ2v) is 16.0. The minimum absolute atomic E-state index is 0.123. The van der Waals surface area contributed by atoms with E-state index >= 15 is 0 Å². The number of sulfonamides is 2. The number of amides is 2. The Bertz CT molecular complexity index is 2490. The molecular weight excluding hydrogens is 725 g/mol. The topological polar surface area (TPSA) is 168 Å². The van der Waals surface area contributed by atoms with Crippen molar-refractivity contribution >= 4 is 60.4 Å². The third-order valence-electron chi connectivity index (χ3n) is 8.73. The summed E-state index contributed by atoms with van der Waals surface area (Å²) >= 11 is 0. The number of ketones is 1. The Balaban J connectivity index is 1.04. The lowest BCUT2D eigenvalue weighted by Gasteiger charge is -2.11. The van der Waals surface area contributed by atoms with E-state index in [0.717, 1.165) is 22.3 Å². The number of carbonyl (C=O) groups excluding carboxylic acids is 3. The molecule has 0 unspecified atom stereocenters. The van der Waals surface area contributed by atoms with Crippen LogP contribution in [0.3, 0.4) is 0 Å². The largest absolute Gasteiger partial charge is 0.326 e. The van der Waals surface area contributed by atoms with Crippen molar-refractivity contribution in [1.29, 1.82) is 0 Å². The predicted octanol–water partition coefficient (Wildman–Crippen LogP) is 7.75. The molecule has 54 heavy (non-hydrogen) atoms. The molecule has 0 heterocycles. The van der Waals surface area contributed by atoms with Gasteiger partial charge in [-0.25, -0.2) is 16.8 Å². The number of benzene rings is 6. The van der Waals surface area contributed by atoms with Gasteiger partial charge in [0.1, 0.15) is 0 Å². The van der Waals surface area contributed by atoms with Gasteiger partial charge in [0.25, 0.3) is 20.0 Å². The highest BCUT2D eigenvalue weighted by atomic mass is 32.2. The minimum atomic E-state index is -4.10. The molecule has 0 bridgehead atoms. The Morgan fingerprint density at radius 3 is 1.00 bits per heavy atom. The summed E-state index contributed by atoms with van der Waals surface area (Å²) in [7, 11) is -8.19. The van der Waals surface area contributed by atoms with Crippen molar-refractivity contribution in [3.8, 4) is 33.4 Å². The second kappa shape index (κ2) is 14.1. The fraction of sp³-hybridized carbons (Fsp3) is 0.0488. The van der Waals surface area contributed by atoms with Crippen molar-refractivity contribution in [3.63, 3.8) is 0 Å². The fourth-order valence-electron chi connectivity index (χ4n) is 6.16. The van der Waals surface area contributed by atoms with E-state index < -0.39 is 25.8 Å². The van der Waals surface area contributed by atoms with Gasteiger partial charge in [0, 0.05) is 47.7 Å². The first-order chi connectivity index (χ1) is 25.8. The highest BCUT2D eigenvalue weighted by Crippen LogP contribution is 2.39. The van der Waals surface area contributed by atoms with Gasteiger partial charge >= 0.3 is 0 Å². The number of anilines is 4. The molecule has 0 fully saturated rings. The molecule has 13 heteroatoms. The summed E-state index contributed by atoms with van der Waals surface area (Å²) in [5.41, 5.74) is 6.69. The van der Waals surface area contributed by atoms with E-state index in [4.69, 9.17) is 0 Å². The highest BCUT2D eigenvalue weighted by molar-refractivity contribution is 7.93. The van der Waals surface area contributed by atoms with Crippen LogP contribution < -0.4 is 20.1 Å². The zero-order chi connectivity index (χ0) is 38.2. The van der Waals surface area contributed by atoms with Crippen LogP contribution in [0.15, 0.2) is 143 Å². The standard InChI is InChI=1S/C41H32N4O7S2/c1-25(46)42-31-11-3-27(4-12-31)29-7-15-33(16-8-29)44-53(49,50)35-19-21-37-38-22-20-36(24-40(38)41(48)39(37)23-35)54(51,52)45-34-17-9-30(10-18-34)28-5-13-32(14-6-28)43-26(2)47/h3-24,44-45H,1-2H3,(H,42,46)(H,43,47). The normalized spacial score (nSPS) is 12.0. The average molecular weight is 757 g/mol. The van der Waals surface area contributed by atoms with Crippen molar-refractivity contribution in [1.82, 2.24) is 0 Å². The Morgan fingerprint density at radius 1 is 0.407 bits per heavy atom. The quantitative estimate of drug-likeness (QED) is 0.111. The van der Waals surface area contributed by atoms with Crippen molar-refractivity contribution in [2.24, 2.45) is 0 Å². The number of carbonyl (C=O) groups is 3. The van der Waals surface area contributed by atoms with Crippen LogP contribution in [0.25, 0.3) is 33.4 Å². The van der Waals surface area contributed by atoms with E-state index in [9.17, 15) is 31.2 Å². The van der Waals surface area contributed by atoms with Crippen molar-refractivity contribution in [2.75, 3.05) is 20.1 Å². The van der Waals surface area contributed by atoms with Crippen LogP contribution in [0.1, 0.15) is 29.8 Å². The first-order valence-corrected chi connectivity index (χ1v) is 19.6. The molecule has 1 aliphatic carbocycles. The molecule has 0 aromatic heterocycles. The van der Waals surface area contributed by atoms with Gasteiger partial charge in [-0.15, -0.1) is 0 Å². The fourth-order valence-corrected chi connectivity index (χ4v) is 8.33. The van der Waals surface area contributed by atoms with Gasteiger partial charge in [0.05, 0.1) is 9.79 Å². The summed E-state index contributed by atoms with van der Waals surface area (Å²) < 4.78 is 58.8. The number of nitrogens with one attached hydrogen (secondary N) is 4. The highest BCUT2D eigenvalue weighted by Gasteiger charge is 2.30. The molecule has 0 radical (unpaired) electrons. The Labute approximate surface area is 312 Å². The van der Waals surface area contributed by atoms with Crippen molar-refractivity contribution < 1.29 is 31.2 Å². The summed E-state index contributed by atoms with van der Waals surface area (Å²) in [6, 6.07) is 36.5. The van der Waals surface area contributed by atoms with Crippen LogP contribution in [0, 0.1) is 0 Å². The van der Waals surface area contributed by atoms with Gasteiger partial charge in [0.2, 0.25) is 11.8 Å². The molecular formula is C41H32N4O7S2. The molecule has 0 spiro atoms. The van der Waals surface area contributed by atoms with E-state index in [2.05, 4.69) is 20.1 Å². The lowest BCUT2D eigenvalue weighted by Crippen LogP contribution is -2.14. The van der Waals surface area contributed by atoms with Gasteiger partial charge in [-0.1, -0.05) is 60.7 Å². The van der Waals surface area contributed by atoms with Crippen molar-refractivity contribution in [2.45, 2.75) is 23.6 Å². The maximum Gasteiger partial charge on any atom is 0.261 e. The second-order valence-electron chi connectivity index (χ2n) is 12.6. The Kier molecular flexibility index (Phi) is 9.35. The monoisotopic (exact) mass is 756 g/mol. The van der Waals surface area contributed by atoms with E-state index in [-0.39, 0.29) is 32.7 Å². The summed E-state index contributed by atoms with van der Waals surface area (Å²) in [5.74, 6) is -0.832. The van der Waals surface area contributed by atoms with Gasteiger partial charge < -0.3 is 10.6 Å². The molecule has 0 aliphatic heterocycles. The average Bonchev–Trinajstić information content (AvgIpc) is 3.42. The van der Waals surface area contributed by atoms with Crippen molar-refractivity contribution in [3.05, 3.63) is 145 Å². The third kappa shape index (κ3) is 7.49. The summed E-state index contributed by atoms with van der Waals surface area (Å²) in [4.78, 5) is 35.9. The zero-order valence-electron chi connectivity index (χ0n) is 28.9. The summed E-state index contributed by atoms with van der Waals surface area (Å²) in [6.07, 6.45) is 0. The number of hydrogen-bond acceptors (Lipinski definition) is 7. The van der Waals surface area contributed by atoms with E-state index in [1.807, 2.05) is 24.3 Å². The first-order valence-electron chi connectivity index (χ1n) is 16.6. The molecule has 270 valence electrons. The van der Waals surface area contributed by atoms with E-state index in [1.165, 1.54) is 38.1 Å². The van der Waals surface area contributed by atoms with Gasteiger partial charge in [-0.05, 0) is 106 Å². The molecule has 6 aromatic rings. The summed E-state index contributed by atoms with van der Waals surface area (Å²) in [6.45, 7) is 2.86. The molecule has 11 nitrogen and oxygen atoms in total. The predicted molar refractivity (Wildman–Crippen MR) is 209 cm³/mol. The van der Waals surface area contributed by atoms with E-state index in [1.54, 1.807) is 84.9 Å². The third-order valence-corrected chi connectivity index (χ3v) is 11.5. The van der Waals surface area contributed by atoms with Crippen LogP contribution in [-0.2, 0) is 29.6 Å². The molecule has 0 saturated heterocycles. The molecule has 0 saturated carbocycles. The maximum atomic E-state index is 13.6. The number of hydrogen-bond donors (Lipinski definition) is 4.